The van der Waals surface area contributed by atoms with Crippen LogP contribution >= 0.6 is 0 Å². The summed E-state index contributed by atoms with van der Waals surface area (Å²) in [5, 5.41) is 0. The molecule has 2 heterocycles. The molecule has 0 saturated carbocycles. The summed E-state index contributed by atoms with van der Waals surface area (Å²) in [7, 11) is 1.59. The summed E-state index contributed by atoms with van der Waals surface area (Å²) in [5.41, 5.74) is 3.37. The largest absolute Gasteiger partial charge is 0.496 e. The molecular weight excluding hydrogens is 376 g/mol. The molecule has 0 radical (unpaired) electrons. The normalized spacial score (nSPS) is 17.8. The zero-order valence-electron chi connectivity index (χ0n) is 17.9. The lowest BCUT2D eigenvalue weighted by Gasteiger charge is -2.32. The second-order valence-electron chi connectivity index (χ2n) is 8.06. The number of para-hydroxylation sites is 1. The number of carbonyl (C=O) groups excluding carboxylic acids is 2. The molecule has 2 aliphatic heterocycles. The van der Waals surface area contributed by atoms with Crippen LogP contribution < -0.4 is 9.64 Å². The van der Waals surface area contributed by atoms with Crippen LogP contribution in [0, 0.1) is 5.92 Å². The van der Waals surface area contributed by atoms with Gasteiger partial charge in [0, 0.05) is 18.7 Å². The highest BCUT2D eigenvalue weighted by Gasteiger charge is 2.43. The van der Waals surface area contributed by atoms with E-state index in [0.717, 1.165) is 32.4 Å². The number of anilines is 1. The van der Waals surface area contributed by atoms with Gasteiger partial charge in [-0.15, -0.1) is 0 Å². The highest BCUT2D eigenvalue weighted by Crippen LogP contribution is 2.39. The minimum atomic E-state index is -0.289. The topological polar surface area (TPSA) is 49.9 Å². The van der Waals surface area contributed by atoms with Gasteiger partial charge < -0.3 is 9.64 Å². The van der Waals surface area contributed by atoms with Crippen LogP contribution in [-0.2, 0) is 16.0 Å². The Morgan fingerprint density at radius 2 is 1.63 bits per heavy atom. The number of likely N-dealkylation sites (tertiary alicyclic amines) is 1. The van der Waals surface area contributed by atoms with E-state index in [1.807, 2.05) is 48.5 Å². The first-order valence-electron chi connectivity index (χ1n) is 10.7. The third-order valence-electron chi connectivity index (χ3n) is 6.14. The number of ether oxygens (including phenoxy) is 1. The summed E-state index contributed by atoms with van der Waals surface area (Å²) in [6, 6.07) is 15.1. The second-order valence-corrected chi connectivity index (χ2v) is 8.06. The van der Waals surface area contributed by atoms with Gasteiger partial charge in [0.25, 0.3) is 11.8 Å². The standard InChI is InChI=1S/C25H28N2O3/c1-4-18-9-11-19(12-10-18)27-24(28)22(20-7-5-6-8-21(20)30-3)23(25(27)29)26-15-13-17(2)14-16-26/h5-12,17H,4,13-16H2,1-3H3. The average Bonchev–Trinajstić information content (AvgIpc) is 3.04. The van der Waals surface area contributed by atoms with E-state index in [0.29, 0.717) is 34.2 Å². The predicted molar refractivity (Wildman–Crippen MR) is 118 cm³/mol. The number of carbonyl (C=O) groups is 2. The van der Waals surface area contributed by atoms with Crippen LogP contribution in [0.25, 0.3) is 5.57 Å². The van der Waals surface area contributed by atoms with Crippen LogP contribution in [0.15, 0.2) is 54.2 Å². The maximum Gasteiger partial charge on any atom is 0.282 e. The molecule has 30 heavy (non-hydrogen) atoms. The van der Waals surface area contributed by atoms with Crippen molar-refractivity contribution in [2.75, 3.05) is 25.1 Å². The van der Waals surface area contributed by atoms with Crippen LogP contribution in [-0.4, -0.2) is 36.9 Å². The summed E-state index contributed by atoms with van der Waals surface area (Å²) in [6.45, 7) is 5.86. The third kappa shape index (κ3) is 3.49. The quantitative estimate of drug-likeness (QED) is 0.698. The zero-order valence-corrected chi connectivity index (χ0v) is 17.9. The van der Waals surface area contributed by atoms with Crippen LogP contribution in [0.3, 0.4) is 0 Å². The summed E-state index contributed by atoms with van der Waals surface area (Å²) in [5.74, 6) is 0.684. The number of rotatable bonds is 5. The minimum Gasteiger partial charge on any atom is -0.496 e. The zero-order chi connectivity index (χ0) is 21.3. The van der Waals surface area contributed by atoms with Crippen molar-refractivity contribution in [3.05, 3.63) is 65.4 Å². The van der Waals surface area contributed by atoms with E-state index in [4.69, 9.17) is 4.74 Å². The molecule has 5 heteroatoms. The summed E-state index contributed by atoms with van der Waals surface area (Å²) >= 11 is 0. The van der Waals surface area contributed by atoms with Gasteiger partial charge in [0.1, 0.15) is 11.4 Å². The predicted octanol–water partition coefficient (Wildman–Crippen LogP) is 4.27. The molecule has 0 unspecified atom stereocenters. The minimum absolute atomic E-state index is 0.250. The first-order chi connectivity index (χ1) is 14.5. The number of piperidine rings is 1. The SMILES string of the molecule is CCc1ccc(N2C(=O)C(c3ccccc3OC)=C(N3CCC(C)CC3)C2=O)cc1. The smallest absolute Gasteiger partial charge is 0.282 e. The number of aryl methyl sites for hydroxylation is 1. The molecule has 4 rings (SSSR count). The fourth-order valence-electron chi connectivity index (χ4n) is 4.25. The van der Waals surface area contributed by atoms with Gasteiger partial charge in [0.05, 0.1) is 18.4 Å². The van der Waals surface area contributed by atoms with Gasteiger partial charge in [-0.3, -0.25) is 9.59 Å². The molecule has 2 amide bonds. The van der Waals surface area contributed by atoms with Gasteiger partial charge in [0.15, 0.2) is 0 Å². The first kappa shape index (κ1) is 20.2. The maximum absolute atomic E-state index is 13.6. The van der Waals surface area contributed by atoms with E-state index < -0.39 is 0 Å². The van der Waals surface area contributed by atoms with E-state index >= 15 is 0 Å². The molecule has 0 N–H and O–H groups in total. The van der Waals surface area contributed by atoms with Crippen molar-refractivity contribution >= 4 is 23.1 Å². The van der Waals surface area contributed by atoms with Gasteiger partial charge in [-0.25, -0.2) is 4.90 Å². The molecule has 156 valence electrons. The Hall–Kier alpha value is -3.08. The monoisotopic (exact) mass is 404 g/mol. The maximum atomic E-state index is 13.6. The molecule has 0 bridgehead atoms. The van der Waals surface area contributed by atoms with Crippen molar-refractivity contribution in [3.8, 4) is 5.75 Å². The molecular formula is C25H28N2O3. The summed E-state index contributed by atoms with van der Waals surface area (Å²) in [4.78, 5) is 30.6. The fourth-order valence-corrected chi connectivity index (χ4v) is 4.25. The van der Waals surface area contributed by atoms with Crippen molar-refractivity contribution in [2.45, 2.75) is 33.1 Å². The molecule has 2 aromatic rings. The number of benzene rings is 2. The van der Waals surface area contributed by atoms with Gasteiger partial charge >= 0.3 is 0 Å². The molecule has 1 fully saturated rings. The van der Waals surface area contributed by atoms with Crippen LogP contribution in [0.5, 0.6) is 5.75 Å². The van der Waals surface area contributed by atoms with Crippen LogP contribution in [0.1, 0.15) is 37.8 Å². The van der Waals surface area contributed by atoms with Crippen molar-refractivity contribution in [3.63, 3.8) is 0 Å². The lowest BCUT2D eigenvalue weighted by molar-refractivity contribution is -0.120. The Kier molecular flexibility index (Phi) is 5.62. The lowest BCUT2D eigenvalue weighted by atomic mass is 9.97. The Morgan fingerprint density at radius 1 is 0.967 bits per heavy atom. The van der Waals surface area contributed by atoms with Crippen molar-refractivity contribution in [1.29, 1.82) is 0 Å². The van der Waals surface area contributed by atoms with E-state index in [1.165, 1.54) is 10.5 Å². The second kappa shape index (κ2) is 8.34. The number of hydrogen-bond acceptors (Lipinski definition) is 4. The van der Waals surface area contributed by atoms with Gasteiger partial charge in [-0.05, 0) is 48.9 Å². The molecule has 1 saturated heterocycles. The molecule has 0 aromatic heterocycles. The highest BCUT2D eigenvalue weighted by atomic mass is 16.5. The molecule has 0 spiro atoms. The van der Waals surface area contributed by atoms with Crippen LogP contribution in [0.2, 0.25) is 0 Å². The van der Waals surface area contributed by atoms with Crippen molar-refractivity contribution < 1.29 is 14.3 Å². The Morgan fingerprint density at radius 3 is 2.27 bits per heavy atom. The number of methoxy groups -OCH3 is 1. The first-order valence-corrected chi connectivity index (χ1v) is 10.7. The Bertz CT molecular complexity index is 986. The number of imide groups is 1. The number of nitrogens with zero attached hydrogens (tertiary/aromatic N) is 2. The Labute approximate surface area is 177 Å². The lowest BCUT2D eigenvalue weighted by Crippen LogP contribution is -2.38. The third-order valence-corrected chi connectivity index (χ3v) is 6.14. The van der Waals surface area contributed by atoms with Crippen LogP contribution in [0.4, 0.5) is 5.69 Å². The highest BCUT2D eigenvalue weighted by molar-refractivity contribution is 6.45. The van der Waals surface area contributed by atoms with E-state index in [9.17, 15) is 9.59 Å². The summed E-state index contributed by atoms with van der Waals surface area (Å²) in [6.07, 6.45) is 2.93. The molecule has 2 aromatic carbocycles. The van der Waals surface area contributed by atoms with E-state index in [2.05, 4.69) is 18.7 Å². The molecule has 5 nitrogen and oxygen atoms in total. The fraction of sp³-hybridized carbons (Fsp3) is 0.360. The van der Waals surface area contributed by atoms with E-state index in [1.54, 1.807) is 7.11 Å². The van der Waals surface area contributed by atoms with Gasteiger partial charge in [-0.1, -0.05) is 44.2 Å². The Balaban J connectivity index is 1.82. The van der Waals surface area contributed by atoms with Gasteiger partial charge in [0.2, 0.25) is 0 Å². The average molecular weight is 405 g/mol. The van der Waals surface area contributed by atoms with Gasteiger partial charge in [-0.2, -0.15) is 0 Å². The summed E-state index contributed by atoms with van der Waals surface area (Å²) < 4.78 is 5.53. The number of hydrogen-bond donors (Lipinski definition) is 0. The van der Waals surface area contributed by atoms with Crippen molar-refractivity contribution in [1.82, 2.24) is 4.90 Å². The molecule has 0 atom stereocenters. The molecule has 2 aliphatic rings. The van der Waals surface area contributed by atoms with Crippen molar-refractivity contribution in [2.24, 2.45) is 5.92 Å². The number of amides is 2. The molecule has 0 aliphatic carbocycles. The van der Waals surface area contributed by atoms with E-state index in [-0.39, 0.29) is 11.8 Å².